The van der Waals surface area contributed by atoms with Crippen LogP contribution in [-0.2, 0) is 20.8 Å². The quantitative estimate of drug-likeness (QED) is 0.596. The number of nitrogens with one attached hydrogen (secondary N) is 2. The first-order valence-corrected chi connectivity index (χ1v) is 10.8. The molecule has 0 unspecified atom stereocenters. The van der Waals surface area contributed by atoms with Crippen LogP contribution < -0.4 is 15.5 Å². The van der Waals surface area contributed by atoms with Gasteiger partial charge in [-0.1, -0.05) is 15.9 Å². The Morgan fingerprint density at radius 2 is 1.59 bits per heavy atom. The Labute approximate surface area is 194 Å². The van der Waals surface area contributed by atoms with E-state index in [-0.39, 0.29) is 24.1 Å². The molecule has 2 N–H and O–H groups in total. The van der Waals surface area contributed by atoms with Gasteiger partial charge in [-0.05, 0) is 69.7 Å². The number of hydrogen-bond donors (Lipinski definition) is 2. The van der Waals surface area contributed by atoms with E-state index < -0.39 is 35.4 Å². The van der Waals surface area contributed by atoms with Crippen molar-refractivity contribution in [3.05, 3.63) is 64.1 Å². The Morgan fingerprint density at radius 3 is 2.12 bits per heavy atom. The van der Waals surface area contributed by atoms with Crippen LogP contribution in [-0.4, -0.2) is 35.8 Å². The molecule has 172 valence electrons. The van der Waals surface area contributed by atoms with Crippen LogP contribution >= 0.6 is 15.9 Å². The maximum Gasteiger partial charge on any atom is 0.256 e. The van der Waals surface area contributed by atoms with Crippen molar-refractivity contribution in [2.24, 2.45) is 0 Å². The minimum Gasteiger partial charge on any atom is -0.344 e. The molecule has 0 fully saturated rings. The third-order valence-corrected chi connectivity index (χ3v) is 4.89. The average molecular weight is 510 g/mol. The number of rotatable bonds is 7. The monoisotopic (exact) mass is 509 g/mol. The van der Waals surface area contributed by atoms with Crippen molar-refractivity contribution >= 4 is 39.3 Å². The van der Waals surface area contributed by atoms with E-state index in [1.54, 1.807) is 24.3 Å². The molecule has 1 atom stereocenters. The summed E-state index contributed by atoms with van der Waals surface area (Å²) in [5.41, 5.74) is 0.145. The SMILES string of the molecule is C[C@H](NC(=O)Cc1cc(F)cc(F)c1)C(=O)N(C(=O)CNC(C)(C)C)c1ccc(Br)cc1. The summed E-state index contributed by atoms with van der Waals surface area (Å²) in [5, 5.41) is 5.55. The molecule has 2 rings (SSSR count). The van der Waals surface area contributed by atoms with Crippen LogP contribution in [0.1, 0.15) is 33.3 Å². The molecule has 9 heteroatoms. The van der Waals surface area contributed by atoms with E-state index in [2.05, 4.69) is 26.6 Å². The molecular formula is C23H26BrF2N3O3. The largest absolute Gasteiger partial charge is 0.344 e. The highest BCUT2D eigenvalue weighted by Crippen LogP contribution is 2.20. The van der Waals surface area contributed by atoms with Crippen LogP contribution in [0.3, 0.4) is 0 Å². The summed E-state index contributed by atoms with van der Waals surface area (Å²) in [5.74, 6) is -3.32. The number of halogens is 3. The number of nitrogens with zero attached hydrogens (tertiary/aromatic N) is 1. The second-order valence-electron chi connectivity index (χ2n) is 8.39. The zero-order chi connectivity index (χ0) is 24.1. The number of anilines is 1. The molecule has 0 aromatic heterocycles. The van der Waals surface area contributed by atoms with Gasteiger partial charge in [-0.3, -0.25) is 14.4 Å². The van der Waals surface area contributed by atoms with E-state index in [0.29, 0.717) is 11.8 Å². The van der Waals surface area contributed by atoms with Gasteiger partial charge in [-0.15, -0.1) is 0 Å². The molecule has 2 aromatic carbocycles. The van der Waals surface area contributed by atoms with Crippen molar-refractivity contribution in [1.82, 2.24) is 10.6 Å². The summed E-state index contributed by atoms with van der Waals surface area (Å²) in [4.78, 5) is 39.4. The lowest BCUT2D eigenvalue weighted by molar-refractivity contribution is -0.130. The molecule has 3 amide bonds. The van der Waals surface area contributed by atoms with Crippen LogP contribution in [0.15, 0.2) is 46.9 Å². The fraction of sp³-hybridized carbons (Fsp3) is 0.348. The first kappa shape index (κ1) is 25.6. The molecule has 0 bridgehead atoms. The van der Waals surface area contributed by atoms with Gasteiger partial charge in [0.1, 0.15) is 17.7 Å². The molecular weight excluding hydrogens is 484 g/mol. The fourth-order valence-corrected chi connectivity index (χ4v) is 3.11. The second-order valence-corrected chi connectivity index (χ2v) is 9.31. The molecule has 0 saturated heterocycles. The van der Waals surface area contributed by atoms with Gasteiger partial charge in [-0.2, -0.15) is 0 Å². The highest BCUT2D eigenvalue weighted by atomic mass is 79.9. The molecule has 0 aliphatic carbocycles. The summed E-state index contributed by atoms with van der Waals surface area (Å²) in [7, 11) is 0. The zero-order valence-corrected chi connectivity index (χ0v) is 19.9. The molecule has 0 aliphatic rings. The molecule has 2 aromatic rings. The van der Waals surface area contributed by atoms with E-state index in [0.717, 1.165) is 21.5 Å². The lowest BCUT2D eigenvalue weighted by Crippen LogP contribution is -2.53. The summed E-state index contributed by atoms with van der Waals surface area (Å²) in [6.07, 6.45) is -0.315. The number of carbonyl (C=O) groups excluding carboxylic acids is 3. The third-order valence-electron chi connectivity index (χ3n) is 4.36. The molecule has 0 heterocycles. The highest BCUT2D eigenvalue weighted by molar-refractivity contribution is 9.10. The van der Waals surface area contributed by atoms with Gasteiger partial charge in [0, 0.05) is 16.1 Å². The van der Waals surface area contributed by atoms with E-state index in [1.165, 1.54) is 6.92 Å². The lowest BCUT2D eigenvalue weighted by atomic mass is 10.1. The smallest absolute Gasteiger partial charge is 0.256 e. The summed E-state index contributed by atoms with van der Waals surface area (Å²) in [6, 6.07) is 8.37. The Morgan fingerprint density at radius 1 is 1.03 bits per heavy atom. The van der Waals surface area contributed by atoms with Crippen LogP contribution in [0.4, 0.5) is 14.5 Å². The number of amides is 3. The van der Waals surface area contributed by atoms with Crippen molar-refractivity contribution < 1.29 is 23.2 Å². The van der Waals surface area contributed by atoms with Gasteiger partial charge >= 0.3 is 0 Å². The predicted octanol–water partition coefficient (Wildman–Crippen LogP) is 3.72. The normalized spacial score (nSPS) is 12.2. The van der Waals surface area contributed by atoms with Gasteiger partial charge in [0.15, 0.2) is 0 Å². The highest BCUT2D eigenvalue weighted by Gasteiger charge is 2.29. The van der Waals surface area contributed by atoms with E-state index >= 15 is 0 Å². The standard InChI is InChI=1S/C23H26BrF2N3O3/c1-14(28-20(30)11-15-9-17(25)12-18(26)10-15)22(32)29(19-7-5-16(24)6-8-19)21(31)13-27-23(2,3)4/h5-10,12,14,27H,11,13H2,1-4H3,(H,28,30)/t14-/m0/s1. The number of carbonyl (C=O) groups is 3. The summed E-state index contributed by atoms with van der Waals surface area (Å²) in [6.45, 7) is 7.04. The zero-order valence-electron chi connectivity index (χ0n) is 18.3. The Hall–Kier alpha value is -2.65. The number of hydrogen-bond acceptors (Lipinski definition) is 4. The van der Waals surface area contributed by atoms with E-state index in [4.69, 9.17) is 0 Å². The van der Waals surface area contributed by atoms with Gasteiger partial charge in [0.2, 0.25) is 11.8 Å². The molecule has 0 spiro atoms. The maximum absolute atomic E-state index is 13.4. The van der Waals surface area contributed by atoms with E-state index in [9.17, 15) is 23.2 Å². The maximum atomic E-state index is 13.4. The Balaban J connectivity index is 2.16. The Bertz CT molecular complexity index is 971. The van der Waals surface area contributed by atoms with Crippen molar-refractivity contribution in [3.63, 3.8) is 0 Å². The van der Waals surface area contributed by atoms with E-state index in [1.807, 2.05) is 20.8 Å². The minimum atomic E-state index is -1.05. The van der Waals surface area contributed by atoms with Gasteiger partial charge in [0.25, 0.3) is 5.91 Å². The van der Waals surface area contributed by atoms with Gasteiger partial charge in [-0.25, -0.2) is 13.7 Å². The first-order chi connectivity index (χ1) is 14.9. The van der Waals surface area contributed by atoms with Gasteiger partial charge in [0.05, 0.1) is 18.7 Å². The predicted molar refractivity (Wildman–Crippen MR) is 122 cm³/mol. The van der Waals surface area contributed by atoms with Crippen LogP contribution in [0, 0.1) is 11.6 Å². The van der Waals surface area contributed by atoms with Gasteiger partial charge < -0.3 is 10.6 Å². The van der Waals surface area contributed by atoms with Crippen LogP contribution in [0.25, 0.3) is 0 Å². The Kier molecular flexibility index (Phi) is 8.63. The second kappa shape index (κ2) is 10.8. The fourth-order valence-electron chi connectivity index (χ4n) is 2.85. The molecule has 0 radical (unpaired) electrons. The van der Waals surface area contributed by atoms with Crippen molar-refractivity contribution in [3.8, 4) is 0 Å². The van der Waals surface area contributed by atoms with Crippen LogP contribution in [0.2, 0.25) is 0 Å². The van der Waals surface area contributed by atoms with Crippen molar-refractivity contribution in [1.29, 1.82) is 0 Å². The van der Waals surface area contributed by atoms with Crippen LogP contribution in [0.5, 0.6) is 0 Å². The lowest BCUT2D eigenvalue weighted by Gasteiger charge is -2.27. The number of benzene rings is 2. The van der Waals surface area contributed by atoms with Crippen molar-refractivity contribution in [2.75, 3.05) is 11.4 Å². The first-order valence-electron chi connectivity index (χ1n) is 9.97. The molecule has 0 aliphatic heterocycles. The van der Waals surface area contributed by atoms with Crippen molar-refractivity contribution in [2.45, 2.75) is 45.7 Å². The molecule has 0 saturated carbocycles. The summed E-state index contributed by atoms with van der Waals surface area (Å²) >= 11 is 3.32. The third kappa shape index (κ3) is 7.80. The topological polar surface area (TPSA) is 78.5 Å². The average Bonchev–Trinajstić information content (AvgIpc) is 2.66. The molecule has 32 heavy (non-hydrogen) atoms. The number of imide groups is 1. The minimum absolute atomic E-state index is 0.0888. The molecule has 6 nitrogen and oxygen atoms in total. The summed E-state index contributed by atoms with van der Waals surface area (Å²) < 4.78 is 27.5.